The highest BCUT2D eigenvalue weighted by molar-refractivity contribution is 6.35. The maximum absolute atomic E-state index is 11.6. The van der Waals surface area contributed by atoms with E-state index < -0.39 is 18.5 Å². The Bertz CT molecular complexity index is 627. The molecule has 10 heteroatoms. The average Bonchev–Trinajstić information content (AvgIpc) is 2.88. The van der Waals surface area contributed by atoms with Crippen LogP contribution in [0.1, 0.15) is 0 Å². The van der Waals surface area contributed by atoms with Gasteiger partial charge >= 0.3 is 5.97 Å². The molecule has 0 aliphatic rings. The summed E-state index contributed by atoms with van der Waals surface area (Å²) in [5.74, 6) is -1.15. The summed E-state index contributed by atoms with van der Waals surface area (Å²) in [6, 6.07) is 4.58. The lowest BCUT2D eigenvalue weighted by Gasteiger charge is -2.07. The number of anilines is 1. The van der Waals surface area contributed by atoms with Gasteiger partial charge in [-0.05, 0) is 28.6 Å². The van der Waals surface area contributed by atoms with E-state index in [0.717, 1.165) is 0 Å². The molecule has 1 heterocycles. The molecule has 0 radical (unpaired) electrons. The minimum Gasteiger partial charge on any atom is -0.454 e. The van der Waals surface area contributed by atoms with E-state index in [2.05, 4.69) is 20.8 Å². The van der Waals surface area contributed by atoms with Crippen LogP contribution in [0.15, 0.2) is 24.5 Å². The summed E-state index contributed by atoms with van der Waals surface area (Å²) >= 11 is 11.6. The third kappa shape index (κ3) is 5.01. The Kier molecular flexibility index (Phi) is 5.07. The molecule has 1 aromatic carbocycles. The van der Waals surface area contributed by atoms with Crippen LogP contribution >= 0.6 is 23.2 Å². The van der Waals surface area contributed by atoms with E-state index in [0.29, 0.717) is 15.7 Å². The molecule has 0 saturated carbocycles. The van der Waals surface area contributed by atoms with Gasteiger partial charge in [0.05, 0.1) is 0 Å². The fraction of sp³-hybridized carbons (Fsp3) is 0.182. The smallest absolute Gasteiger partial charge is 0.328 e. The maximum Gasteiger partial charge on any atom is 0.328 e. The first-order valence-electron chi connectivity index (χ1n) is 5.65. The van der Waals surface area contributed by atoms with Crippen molar-refractivity contribution in [1.82, 2.24) is 20.2 Å². The molecular formula is C11H9Cl2N5O3. The van der Waals surface area contributed by atoms with Gasteiger partial charge in [-0.2, -0.15) is 0 Å². The first-order chi connectivity index (χ1) is 10.0. The third-order valence-electron chi connectivity index (χ3n) is 2.19. The molecule has 2 aromatic rings. The van der Waals surface area contributed by atoms with Crippen LogP contribution in [0.4, 0.5) is 5.69 Å². The zero-order valence-corrected chi connectivity index (χ0v) is 12.0. The van der Waals surface area contributed by atoms with Gasteiger partial charge in [0.15, 0.2) is 6.61 Å². The molecule has 2 rings (SSSR count). The van der Waals surface area contributed by atoms with Crippen LogP contribution < -0.4 is 5.32 Å². The molecule has 0 atom stereocenters. The number of hydrogen-bond donors (Lipinski definition) is 1. The highest BCUT2D eigenvalue weighted by Gasteiger charge is 2.10. The van der Waals surface area contributed by atoms with Gasteiger partial charge in [0.2, 0.25) is 0 Å². The predicted octanol–water partition coefficient (Wildman–Crippen LogP) is 1.16. The number of rotatable bonds is 5. The molecule has 1 aromatic heterocycles. The van der Waals surface area contributed by atoms with Crippen molar-refractivity contribution in [3.8, 4) is 0 Å². The molecule has 0 unspecified atom stereocenters. The highest BCUT2D eigenvalue weighted by Crippen LogP contribution is 2.22. The minimum atomic E-state index is -0.637. The number of esters is 1. The number of nitrogens with one attached hydrogen (secondary N) is 1. The van der Waals surface area contributed by atoms with Gasteiger partial charge < -0.3 is 10.1 Å². The Morgan fingerprint density at radius 1 is 1.24 bits per heavy atom. The number of benzene rings is 1. The van der Waals surface area contributed by atoms with Crippen LogP contribution in [0.25, 0.3) is 0 Å². The summed E-state index contributed by atoms with van der Waals surface area (Å²) in [6.07, 6.45) is 1.26. The minimum absolute atomic E-state index is 0.177. The van der Waals surface area contributed by atoms with Crippen molar-refractivity contribution in [3.05, 3.63) is 34.6 Å². The van der Waals surface area contributed by atoms with Crippen molar-refractivity contribution >= 4 is 40.8 Å². The van der Waals surface area contributed by atoms with Crippen LogP contribution in [0.2, 0.25) is 10.0 Å². The second kappa shape index (κ2) is 7.00. The van der Waals surface area contributed by atoms with Crippen LogP contribution in [-0.4, -0.2) is 38.7 Å². The first-order valence-corrected chi connectivity index (χ1v) is 6.41. The first kappa shape index (κ1) is 15.2. The molecule has 0 aliphatic carbocycles. The summed E-state index contributed by atoms with van der Waals surface area (Å²) in [5.41, 5.74) is 0.411. The second-order valence-electron chi connectivity index (χ2n) is 3.87. The number of aromatic nitrogens is 4. The van der Waals surface area contributed by atoms with Crippen LogP contribution in [-0.2, 0) is 20.9 Å². The quantitative estimate of drug-likeness (QED) is 0.826. The number of hydrogen-bond acceptors (Lipinski definition) is 6. The van der Waals surface area contributed by atoms with Crippen molar-refractivity contribution in [2.45, 2.75) is 6.54 Å². The monoisotopic (exact) mass is 329 g/mol. The van der Waals surface area contributed by atoms with E-state index in [1.54, 1.807) is 0 Å². The average molecular weight is 330 g/mol. The molecule has 1 N–H and O–H groups in total. The number of nitrogens with zero attached hydrogens (tertiary/aromatic N) is 4. The topological polar surface area (TPSA) is 99.0 Å². The summed E-state index contributed by atoms with van der Waals surface area (Å²) < 4.78 is 5.95. The van der Waals surface area contributed by atoms with E-state index in [9.17, 15) is 9.59 Å². The van der Waals surface area contributed by atoms with Gasteiger partial charge in [-0.15, -0.1) is 5.10 Å². The molecule has 110 valence electrons. The molecule has 0 spiro atoms. The van der Waals surface area contributed by atoms with Gasteiger partial charge in [-0.25, -0.2) is 4.68 Å². The normalized spacial score (nSPS) is 10.2. The van der Waals surface area contributed by atoms with Crippen LogP contribution in [0.3, 0.4) is 0 Å². The van der Waals surface area contributed by atoms with E-state index in [1.165, 1.54) is 29.2 Å². The summed E-state index contributed by atoms with van der Waals surface area (Å²) in [7, 11) is 0. The van der Waals surface area contributed by atoms with Gasteiger partial charge in [0, 0.05) is 15.7 Å². The number of ether oxygens (including phenoxy) is 1. The largest absolute Gasteiger partial charge is 0.454 e. The number of tetrazole rings is 1. The van der Waals surface area contributed by atoms with E-state index in [1.807, 2.05) is 0 Å². The van der Waals surface area contributed by atoms with E-state index in [-0.39, 0.29) is 6.54 Å². The Labute approximate surface area is 129 Å². The van der Waals surface area contributed by atoms with Crippen molar-refractivity contribution in [1.29, 1.82) is 0 Å². The lowest BCUT2D eigenvalue weighted by Crippen LogP contribution is -2.23. The van der Waals surface area contributed by atoms with Crippen LogP contribution in [0.5, 0.6) is 0 Å². The summed E-state index contributed by atoms with van der Waals surface area (Å²) in [4.78, 5) is 23.0. The highest BCUT2D eigenvalue weighted by atomic mass is 35.5. The lowest BCUT2D eigenvalue weighted by molar-refractivity contribution is -0.148. The fourth-order valence-corrected chi connectivity index (χ4v) is 1.93. The third-order valence-corrected chi connectivity index (χ3v) is 2.63. The standard InChI is InChI=1S/C11H9Cl2N5O3/c12-7-1-8(13)3-9(2-7)15-10(19)5-21-11(20)4-18-6-14-16-17-18/h1-3,6H,4-5H2,(H,15,19). The molecule has 1 amide bonds. The maximum atomic E-state index is 11.6. The molecule has 21 heavy (non-hydrogen) atoms. The molecule has 0 aliphatic heterocycles. The summed E-state index contributed by atoms with van der Waals surface area (Å²) in [5, 5.41) is 13.5. The van der Waals surface area contributed by atoms with E-state index >= 15 is 0 Å². The molecular weight excluding hydrogens is 321 g/mol. The number of carbonyl (C=O) groups is 2. The fourth-order valence-electron chi connectivity index (χ4n) is 1.40. The molecule has 0 bridgehead atoms. The molecule has 0 saturated heterocycles. The SMILES string of the molecule is O=C(COC(=O)Cn1cnnn1)Nc1cc(Cl)cc(Cl)c1. The summed E-state index contributed by atoms with van der Waals surface area (Å²) in [6.45, 7) is -0.617. The van der Waals surface area contributed by atoms with Crippen LogP contribution in [0, 0.1) is 0 Å². The zero-order valence-electron chi connectivity index (χ0n) is 10.5. The predicted molar refractivity (Wildman–Crippen MR) is 73.9 cm³/mol. The molecule has 8 nitrogen and oxygen atoms in total. The van der Waals surface area contributed by atoms with Crippen molar-refractivity contribution < 1.29 is 14.3 Å². The van der Waals surface area contributed by atoms with Crippen molar-refractivity contribution in [2.75, 3.05) is 11.9 Å². The van der Waals surface area contributed by atoms with Gasteiger partial charge in [0.25, 0.3) is 5.91 Å². The zero-order chi connectivity index (χ0) is 15.2. The van der Waals surface area contributed by atoms with Crippen molar-refractivity contribution in [2.24, 2.45) is 0 Å². The number of carbonyl (C=O) groups excluding carboxylic acids is 2. The second-order valence-corrected chi connectivity index (χ2v) is 4.75. The molecule has 0 fully saturated rings. The number of halogens is 2. The Morgan fingerprint density at radius 3 is 2.57 bits per heavy atom. The van der Waals surface area contributed by atoms with Gasteiger partial charge in [0.1, 0.15) is 12.9 Å². The Morgan fingerprint density at radius 2 is 1.95 bits per heavy atom. The Balaban J connectivity index is 1.80. The Hall–Kier alpha value is -2.19. The van der Waals surface area contributed by atoms with E-state index in [4.69, 9.17) is 27.9 Å². The van der Waals surface area contributed by atoms with Gasteiger partial charge in [-0.1, -0.05) is 23.2 Å². The number of amides is 1. The van der Waals surface area contributed by atoms with Gasteiger partial charge in [-0.3, -0.25) is 9.59 Å². The van der Waals surface area contributed by atoms with Crippen molar-refractivity contribution in [3.63, 3.8) is 0 Å². The lowest BCUT2D eigenvalue weighted by atomic mass is 10.3.